The molecule has 4 N–H and O–H groups in total. The van der Waals surface area contributed by atoms with Gasteiger partial charge in [-0.25, -0.2) is 0 Å². The SMILES string of the molecule is NC(=O)C1CCN(CCc2ccc(NC(=O)c3cc4cc(Cl)ccc4[nH]3)cc2)CC1. The van der Waals surface area contributed by atoms with Crippen LogP contribution in [0.4, 0.5) is 5.69 Å². The second-order valence-electron chi connectivity index (χ2n) is 7.83. The molecule has 156 valence electrons. The molecular weight excluding hydrogens is 400 g/mol. The Balaban J connectivity index is 1.30. The number of carbonyl (C=O) groups is 2. The molecule has 2 aromatic carbocycles. The molecule has 30 heavy (non-hydrogen) atoms. The van der Waals surface area contributed by atoms with Gasteiger partial charge in [-0.15, -0.1) is 0 Å². The molecule has 2 amide bonds. The lowest BCUT2D eigenvalue weighted by atomic mass is 9.96. The molecule has 7 heteroatoms. The number of aromatic amines is 1. The summed E-state index contributed by atoms with van der Waals surface area (Å²) in [5.41, 5.74) is 8.73. The maximum absolute atomic E-state index is 12.5. The summed E-state index contributed by atoms with van der Waals surface area (Å²) in [6.45, 7) is 2.78. The molecule has 3 aromatic rings. The third kappa shape index (κ3) is 4.83. The van der Waals surface area contributed by atoms with E-state index in [-0.39, 0.29) is 17.7 Å². The third-order valence-electron chi connectivity index (χ3n) is 5.75. The fourth-order valence-corrected chi connectivity index (χ4v) is 4.09. The molecule has 6 nitrogen and oxygen atoms in total. The molecule has 1 aliphatic heterocycles. The van der Waals surface area contributed by atoms with Crippen molar-refractivity contribution in [1.82, 2.24) is 9.88 Å². The first kappa shape index (κ1) is 20.4. The molecule has 0 spiro atoms. The molecule has 0 unspecified atom stereocenters. The summed E-state index contributed by atoms with van der Waals surface area (Å²) in [6.07, 6.45) is 2.62. The minimum absolute atomic E-state index is 0.0263. The highest BCUT2D eigenvalue weighted by atomic mass is 35.5. The van der Waals surface area contributed by atoms with Crippen LogP contribution in [0.2, 0.25) is 5.02 Å². The Morgan fingerprint density at radius 3 is 2.53 bits per heavy atom. The average Bonchev–Trinajstić information content (AvgIpc) is 3.17. The first-order chi connectivity index (χ1) is 14.5. The van der Waals surface area contributed by atoms with Gasteiger partial charge in [0.2, 0.25) is 5.91 Å². The summed E-state index contributed by atoms with van der Waals surface area (Å²) < 4.78 is 0. The molecule has 0 saturated carbocycles. The van der Waals surface area contributed by atoms with Crippen LogP contribution in [0, 0.1) is 5.92 Å². The predicted molar refractivity (Wildman–Crippen MR) is 120 cm³/mol. The first-order valence-corrected chi connectivity index (χ1v) is 10.6. The zero-order valence-electron chi connectivity index (χ0n) is 16.7. The lowest BCUT2D eigenvalue weighted by Crippen LogP contribution is -2.39. The lowest BCUT2D eigenvalue weighted by Gasteiger charge is -2.30. The van der Waals surface area contributed by atoms with Gasteiger partial charge in [-0.1, -0.05) is 23.7 Å². The fourth-order valence-electron chi connectivity index (χ4n) is 3.91. The summed E-state index contributed by atoms with van der Waals surface area (Å²) in [6, 6.07) is 15.2. The van der Waals surface area contributed by atoms with Crippen LogP contribution in [0.15, 0.2) is 48.5 Å². The second kappa shape index (κ2) is 8.90. The zero-order chi connectivity index (χ0) is 21.1. The van der Waals surface area contributed by atoms with E-state index in [0.29, 0.717) is 10.7 Å². The van der Waals surface area contributed by atoms with Gasteiger partial charge in [0.1, 0.15) is 5.69 Å². The molecule has 1 aliphatic rings. The Bertz CT molecular complexity index is 1050. The maximum atomic E-state index is 12.5. The highest BCUT2D eigenvalue weighted by Crippen LogP contribution is 2.21. The molecule has 0 atom stereocenters. The smallest absolute Gasteiger partial charge is 0.272 e. The number of fused-ring (bicyclic) bond motifs is 1. The number of nitrogens with zero attached hydrogens (tertiary/aromatic N) is 1. The number of anilines is 1. The number of halogens is 1. The summed E-state index contributed by atoms with van der Waals surface area (Å²) in [5, 5.41) is 4.47. The van der Waals surface area contributed by atoms with E-state index in [1.54, 1.807) is 12.1 Å². The van der Waals surface area contributed by atoms with Gasteiger partial charge in [-0.3, -0.25) is 9.59 Å². The number of primary amides is 1. The Labute approximate surface area is 180 Å². The van der Waals surface area contributed by atoms with Crippen molar-refractivity contribution in [2.75, 3.05) is 25.0 Å². The minimum atomic E-state index is -0.188. The largest absolute Gasteiger partial charge is 0.369 e. The Morgan fingerprint density at radius 2 is 1.83 bits per heavy atom. The molecule has 1 aromatic heterocycles. The predicted octanol–water partition coefficient (Wildman–Crippen LogP) is 3.81. The Kier molecular flexibility index (Phi) is 6.06. The molecular formula is C23H25ClN4O2. The Morgan fingerprint density at radius 1 is 1.10 bits per heavy atom. The monoisotopic (exact) mass is 424 g/mol. The Hall–Kier alpha value is -2.83. The first-order valence-electron chi connectivity index (χ1n) is 10.2. The van der Waals surface area contributed by atoms with Crippen LogP contribution >= 0.6 is 11.6 Å². The van der Waals surface area contributed by atoms with Crippen molar-refractivity contribution in [3.63, 3.8) is 0 Å². The summed E-state index contributed by atoms with van der Waals surface area (Å²) in [7, 11) is 0. The van der Waals surface area contributed by atoms with Crippen molar-refractivity contribution in [1.29, 1.82) is 0 Å². The average molecular weight is 425 g/mol. The van der Waals surface area contributed by atoms with E-state index in [2.05, 4.69) is 15.2 Å². The van der Waals surface area contributed by atoms with E-state index < -0.39 is 0 Å². The highest BCUT2D eigenvalue weighted by Gasteiger charge is 2.22. The van der Waals surface area contributed by atoms with E-state index in [1.165, 1.54) is 5.56 Å². The van der Waals surface area contributed by atoms with Crippen LogP contribution in [-0.4, -0.2) is 41.3 Å². The minimum Gasteiger partial charge on any atom is -0.369 e. The van der Waals surface area contributed by atoms with E-state index in [1.807, 2.05) is 36.4 Å². The number of hydrogen-bond acceptors (Lipinski definition) is 3. The van der Waals surface area contributed by atoms with Crippen molar-refractivity contribution >= 4 is 40.0 Å². The number of likely N-dealkylation sites (tertiary alicyclic amines) is 1. The molecule has 0 radical (unpaired) electrons. The molecule has 0 bridgehead atoms. The zero-order valence-corrected chi connectivity index (χ0v) is 17.4. The molecule has 1 fully saturated rings. The van der Waals surface area contributed by atoms with Crippen molar-refractivity contribution in [3.05, 3.63) is 64.8 Å². The number of nitrogens with two attached hydrogens (primary N) is 1. The number of hydrogen-bond donors (Lipinski definition) is 3. The summed E-state index contributed by atoms with van der Waals surface area (Å²) >= 11 is 6.01. The molecule has 0 aliphatic carbocycles. The maximum Gasteiger partial charge on any atom is 0.272 e. The number of H-pyrrole nitrogens is 1. The number of amides is 2. The number of rotatable bonds is 6. The molecule has 4 rings (SSSR count). The topological polar surface area (TPSA) is 91.2 Å². The van der Waals surface area contributed by atoms with Gasteiger partial charge in [0, 0.05) is 34.1 Å². The van der Waals surface area contributed by atoms with Crippen molar-refractivity contribution < 1.29 is 9.59 Å². The van der Waals surface area contributed by atoms with E-state index >= 15 is 0 Å². The number of nitrogens with one attached hydrogen (secondary N) is 2. The lowest BCUT2D eigenvalue weighted by molar-refractivity contribution is -0.123. The van der Waals surface area contributed by atoms with Gasteiger partial charge in [0.05, 0.1) is 0 Å². The van der Waals surface area contributed by atoms with Crippen molar-refractivity contribution in [3.8, 4) is 0 Å². The van der Waals surface area contributed by atoms with Crippen molar-refractivity contribution in [2.45, 2.75) is 19.3 Å². The van der Waals surface area contributed by atoms with Crippen molar-refractivity contribution in [2.24, 2.45) is 11.7 Å². The van der Waals surface area contributed by atoms with Gasteiger partial charge in [0.25, 0.3) is 5.91 Å². The van der Waals surface area contributed by atoms with Crippen LogP contribution in [0.25, 0.3) is 10.9 Å². The highest BCUT2D eigenvalue weighted by molar-refractivity contribution is 6.31. The van der Waals surface area contributed by atoms with Crippen LogP contribution in [0.1, 0.15) is 28.9 Å². The van der Waals surface area contributed by atoms with Gasteiger partial charge in [0.15, 0.2) is 0 Å². The van der Waals surface area contributed by atoms with Crippen LogP contribution in [-0.2, 0) is 11.2 Å². The standard InChI is InChI=1S/C23H25ClN4O2/c24-18-3-6-20-17(13-18)14-21(27-20)23(30)26-19-4-1-15(2-5-19)7-10-28-11-8-16(9-12-28)22(25)29/h1-6,13-14,16,27H,7-12H2,(H2,25,29)(H,26,30). The summed E-state index contributed by atoms with van der Waals surface area (Å²) in [4.78, 5) is 29.3. The third-order valence-corrected chi connectivity index (χ3v) is 5.98. The normalized spacial score (nSPS) is 15.4. The second-order valence-corrected chi connectivity index (χ2v) is 8.27. The van der Waals surface area contributed by atoms with Gasteiger partial charge >= 0.3 is 0 Å². The van der Waals surface area contributed by atoms with E-state index in [4.69, 9.17) is 17.3 Å². The molecule has 1 saturated heterocycles. The van der Waals surface area contributed by atoms with E-state index in [0.717, 1.165) is 55.5 Å². The summed E-state index contributed by atoms with van der Waals surface area (Å²) in [5.74, 6) is -0.339. The number of benzene rings is 2. The quantitative estimate of drug-likeness (QED) is 0.561. The van der Waals surface area contributed by atoms with Crippen LogP contribution in [0.3, 0.4) is 0 Å². The number of carbonyl (C=O) groups excluding carboxylic acids is 2. The van der Waals surface area contributed by atoms with Crippen LogP contribution in [0.5, 0.6) is 0 Å². The fraction of sp³-hybridized carbons (Fsp3) is 0.304. The van der Waals surface area contributed by atoms with E-state index in [9.17, 15) is 9.59 Å². The van der Waals surface area contributed by atoms with Gasteiger partial charge in [-0.2, -0.15) is 0 Å². The number of piperidine rings is 1. The molecule has 2 heterocycles. The van der Waals surface area contributed by atoms with Crippen LogP contribution < -0.4 is 11.1 Å². The van der Waals surface area contributed by atoms with Gasteiger partial charge in [-0.05, 0) is 74.3 Å². The number of aromatic nitrogens is 1. The van der Waals surface area contributed by atoms with Gasteiger partial charge < -0.3 is 20.9 Å².